The number of alkyl halides is 3. The Morgan fingerprint density at radius 3 is 2.64 bits per heavy atom. The molecule has 0 atom stereocenters. The van der Waals surface area contributed by atoms with Gasteiger partial charge in [-0.25, -0.2) is 4.79 Å². The van der Waals surface area contributed by atoms with E-state index < -0.39 is 17.8 Å². The van der Waals surface area contributed by atoms with Crippen LogP contribution in [-0.4, -0.2) is 48.2 Å². The number of ether oxygens (including phenoxy) is 2. The fraction of sp³-hybridized carbons (Fsp3) is 0.579. The smallest absolute Gasteiger partial charge is 0.416 e. The molecule has 1 saturated carbocycles. The van der Waals surface area contributed by atoms with Crippen LogP contribution in [0, 0.1) is 12.8 Å². The lowest BCUT2D eigenvalue weighted by Crippen LogP contribution is -2.62. The van der Waals surface area contributed by atoms with Gasteiger partial charge in [-0.3, -0.25) is 4.79 Å². The molecule has 0 bridgehead atoms. The van der Waals surface area contributed by atoms with Gasteiger partial charge in [0.1, 0.15) is 6.61 Å². The topological polar surface area (TPSA) is 67.9 Å². The van der Waals surface area contributed by atoms with Crippen LogP contribution in [0.2, 0.25) is 0 Å². The quantitative estimate of drug-likeness (QED) is 0.847. The average molecular weight is 398 g/mol. The number of likely N-dealkylation sites (tertiary alicyclic amines) is 1. The van der Waals surface area contributed by atoms with Gasteiger partial charge in [-0.1, -0.05) is 12.1 Å². The van der Waals surface area contributed by atoms with Crippen LogP contribution in [0.4, 0.5) is 18.0 Å². The first-order valence-corrected chi connectivity index (χ1v) is 9.17. The third kappa shape index (κ3) is 3.55. The van der Waals surface area contributed by atoms with Gasteiger partial charge in [-0.2, -0.15) is 13.2 Å². The number of hydrogen-bond donors (Lipinski definition) is 1. The zero-order valence-electron chi connectivity index (χ0n) is 15.3. The molecule has 9 heteroatoms. The Morgan fingerprint density at radius 1 is 1.36 bits per heavy atom. The molecule has 2 amide bonds. The molecule has 3 fully saturated rings. The Bertz CT molecular complexity index is 799. The zero-order valence-corrected chi connectivity index (χ0v) is 15.3. The lowest BCUT2D eigenvalue weighted by atomic mass is 9.68. The van der Waals surface area contributed by atoms with E-state index in [0.717, 1.165) is 6.07 Å². The second-order valence-electron chi connectivity index (χ2n) is 7.91. The summed E-state index contributed by atoms with van der Waals surface area (Å²) in [4.78, 5) is 25.3. The Morgan fingerprint density at radius 2 is 2.07 bits per heavy atom. The van der Waals surface area contributed by atoms with Crippen molar-refractivity contribution in [1.82, 2.24) is 10.2 Å². The number of rotatable bonds is 4. The Labute approximate surface area is 160 Å². The van der Waals surface area contributed by atoms with Crippen LogP contribution in [0.5, 0.6) is 0 Å². The number of halogens is 3. The van der Waals surface area contributed by atoms with Crippen molar-refractivity contribution in [3.05, 3.63) is 34.9 Å². The standard InChI is InChI=1S/C19H21F3N2O4/c1-11-4-12(2-3-15(11)19(20,21)22)9-27-14-7-24(8-14)16(25)13-5-18(6-13)10-28-17(26)23-18/h2-4,13-14H,5-10H2,1H3,(H,23,26)/t13-,18-. The van der Waals surface area contributed by atoms with Crippen LogP contribution in [0.15, 0.2) is 18.2 Å². The first kappa shape index (κ1) is 19.0. The summed E-state index contributed by atoms with van der Waals surface area (Å²) < 4.78 is 49.0. The number of carbonyl (C=O) groups is 2. The Hall–Kier alpha value is -2.29. The van der Waals surface area contributed by atoms with Gasteiger partial charge in [-0.15, -0.1) is 0 Å². The molecule has 0 unspecified atom stereocenters. The molecule has 2 saturated heterocycles. The average Bonchev–Trinajstić information content (AvgIpc) is 2.93. The van der Waals surface area contributed by atoms with Crippen molar-refractivity contribution in [3.63, 3.8) is 0 Å². The lowest BCUT2D eigenvalue weighted by Gasteiger charge is -2.47. The minimum atomic E-state index is -4.36. The highest BCUT2D eigenvalue weighted by molar-refractivity contribution is 5.82. The van der Waals surface area contributed by atoms with E-state index >= 15 is 0 Å². The molecule has 3 aliphatic rings. The number of benzene rings is 1. The monoisotopic (exact) mass is 398 g/mol. The summed E-state index contributed by atoms with van der Waals surface area (Å²) in [7, 11) is 0. The van der Waals surface area contributed by atoms with E-state index in [1.807, 2.05) is 0 Å². The van der Waals surface area contributed by atoms with Crippen molar-refractivity contribution in [2.24, 2.45) is 5.92 Å². The van der Waals surface area contributed by atoms with Crippen LogP contribution >= 0.6 is 0 Å². The van der Waals surface area contributed by atoms with E-state index in [1.54, 1.807) is 4.90 Å². The van der Waals surface area contributed by atoms with Gasteiger partial charge in [0.05, 0.1) is 23.8 Å². The van der Waals surface area contributed by atoms with Gasteiger partial charge in [0.25, 0.3) is 0 Å². The molecule has 4 rings (SSSR count). The number of nitrogens with one attached hydrogen (secondary N) is 1. The van der Waals surface area contributed by atoms with Gasteiger partial charge in [0.2, 0.25) is 5.91 Å². The minimum absolute atomic E-state index is 0.0528. The van der Waals surface area contributed by atoms with Gasteiger partial charge in [-0.05, 0) is 37.0 Å². The summed E-state index contributed by atoms with van der Waals surface area (Å²) >= 11 is 0. The van der Waals surface area contributed by atoms with Crippen LogP contribution in [0.3, 0.4) is 0 Å². The summed E-state index contributed by atoms with van der Waals surface area (Å²) in [5.41, 5.74) is -0.175. The molecule has 1 N–H and O–H groups in total. The molecule has 0 aromatic heterocycles. The van der Waals surface area contributed by atoms with E-state index in [2.05, 4.69) is 5.32 Å². The van der Waals surface area contributed by atoms with E-state index in [-0.39, 0.29) is 35.6 Å². The maximum absolute atomic E-state index is 12.8. The summed E-state index contributed by atoms with van der Waals surface area (Å²) in [5.74, 6) is -0.0579. The number of alkyl carbamates (subject to hydrolysis) is 1. The number of aryl methyl sites for hydroxylation is 1. The molecule has 0 radical (unpaired) electrons. The minimum Gasteiger partial charge on any atom is -0.447 e. The van der Waals surface area contributed by atoms with Crippen molar-refractivity contribution in [1.29, 1.82) is 0 Å². The molecular weight excluding hydrogens is 377 g/mol. The highest BCUT2D eigenvalue weighted by Crippen LogP contribution is 2.42. The number of hydrogen-bond acceptors (Lipinski definition) is 4. The van der Waals surface area contributed by atoms with Crippen molar-refractivity contribution in [3.8, 4) is 0 Å². The third-order valence-electron chi connectivity index (χ3n) is 5.71. The van der Waals surface area contributed by atoms with Crippen LogP contribution < -0.4 is 5.32 Å². The highest BCUT2D eigenvalue weighted by Gasteiger charge is 2.54. The second kappa shape index (κ2) is 6.65. The lowest BCUT2D eigenvalue weighted by molar-refractivity contribution is -0.155. The third-order valence-corrected chi connectivity index (χ3v) is 5.71. The van der Waals surface area contributed by atoms with E-state index in [0.29, 0.717) is 38.1 Å². The molecule has 1 aliphatic carbocycles. The van der Waals surface area contributed by atoms with Gasteiger partial charge in [0.15, 0.2) is 0 Å². The van der Waals surface area contributed by atoms with Crippen molar-refractivity contribution >= 4 is 12.0 Å². The molecule has 6 nitrogen and oxygen atoms in total. The molecule has 2 aliphatic heterocycles. The summed E-state index contributed by atoms with van der Waals surface area (Å²) in [6.07, 6.45) is -3.72. The fourth-order valence-corrected chi connectivity index (χ4v) is 4.10. The van der Waals surface area contributed by atoms with E-state index in [1.165, 1.54) is 19.1 Å². The summed E-state index contributed by atoms with van der Waals surface area (Å²) in [5, 5.41) is 2.76. The maximum atomic E-state index is 12.8. The van der Waals surface area contributed by atoms with Crippen molar-refractivity contribution in [2.45, 2.75) is 44.2 Å². The first-order chi connectivity index (χ1) is 13.2. The first-order valence-electron chi connectivity index (χ1n) is 9.17. The van der Waals surface area contributed by atoms with E-state index in [4.69, 9.17) is 9.47 Å². The largest absolute Gasteiger partial charge is 0.447 e. The van der Waals surface area contributed by atoms with Crippen LogP contribution in [0.25, 0.3) is 0 Å². The normalized spacial score (nSPS) is 27.2. The predicted molar refractivity (Wildman–Crippen MR) is 91.3 cm³/mol. The maximum Gasteiger partial charge on any atom is 0.416 e. The SMILES string of the molecule is Cc1cc(COC2CN(C(=O)[C@H]3C[C@@]4(COC(=O)N4)C3)C2)ccc1C(F)(F)F. The Kier molecular flexibility index (Phi) is 4.52. The number of carbonyl (C=O) groups excluding carboxylic acids is 2. The molecule has 1 spiro atoms. The van der Waals surface area contributed by atoms with Gasteiger partial charge < -0.3 is 19.7 Å². The molecule has 1 aromatic carbocycles. The predicted octanol–water partition coefficient (Wildman–Crippen LogP) is 2.63. The number of amides is 2. The molecule has 1 aromatic rings. The molecular formula is C19H21F3N2O4. The zero-order chi connectivity index (χ0) is 20.1. The van der Waals surface area contributed by atoms with Crippen LogP contribution in [0.1, 0.15) is 29.5 Å². The molecule has 2 heterocycles. The van der Waals surface area contributed by atoms with Gasteiger partial charge >= 0.3 is 12.3 Å². The highest BCUT2D eigenvalue weighted by atomic mass is 19.4. The fourth-order valence-electron chi connectivity index (χ4n) is 4.10. The van der Waals surface area contributed by atoms with Crippen molar-refractivity contribution in [2.75, 3.05) is 19.7 Å². The second-order valence-corrected chi connectivity index (χ2v) is 7.91. The number of cyclic esters (lactones) is 1. The van der Waals surface area contributed by atoms with Gasteiger partial charge in [0, 0.05) is 19.0 Å². The van der Waals surface area contributed by atoms with E-state index in [9.17, 15) is 22.8 Å². The van der Waals surface area contributed by atoms with Crippen molar-refractivity contribution < 1.29 is 32.2 Å². The number of nitrogens with zero attached hydrogens (tertiary/aromatic N) is 1. The molecule has 152 valence electrons. The molecule has 28 heavy (non-hydrogen) atoms. The summed E-state index contributed by atoms with van der Waals surface area (Å²) in [6, 6.07) is 3.97. The summed E-state index contributed by atoms with van der Waals surface area (Å²) in [6.45, 7) is 2.91. The van der Waals surface area contributed by atoms with Crippen LogP contribution in [-0.2, 0) is 27.1 Å². The Balaban J connectivity index is 1.21.